The zero-order valence-electron chi connectivity index (χ0n) is 11.3. The van der Waals surface area contributed by atoms with Crippen molar-refractivity contribution in [2.45, 2.75) is 38.6 Å². The van der Waals surface area contributed by atoms with Crippen LogP contribution in [0.15, 0.2) is 24.3 Å². The van der Waals surface area contributed by atoms with Crippen LogP contribution in [0.3, 0.4) is 0 Å². The first-order valence-corrected chi connectivity index (χ1v) is 7.98. The summed E-state index contributed by atoms with van der Waals surface area (Å²) in [6.07, 6.45) is 4.50. The third kappa shape index (κ3) is 3.50. The monoisotopic (exact) mass is 325 g/mol. The van der Waals surface area contributed by atoms with Gasteiger partial charge >= 0.3 is 0 Å². The largest absolute Gasteiger partial charge is 0.482 e. The molecule has 1 aromatic carbocycles. The molecule has 0 radical (unpaired) electrons. The standard InChI is InChI=1S/C15H20BrNO2/c1-2-13-7-3-4-9-17(13)15(18)12-6-5-8-14(10-12)19-11-16/h5-6,8,10,13H,2-4,7,9,11H2,1H3. The number of benzene rings is 1. The Kier molecular flexibility index (Phi) is 5.25. The number of hydrogen-bond acceptors (Lipinski definition) is 2. The topological polar surface area (TPSA) is 29.5 Å². The Bertz CT molecular complexity index is 436. The summed E-state index contributed by atoms with van der Waals surface area (Å²) in [6.45, 7) is 3.03. The molecule has 0 aliphatic carbocycles. The highest BCUT2D eigenvalue weighted by Gasteiger charge is 2.26. The van der Waals surface area contributed by atoms with Crippen LogP contribution in [0, 0.1) is 0 Å². The van der Waals surface area contributed by atoms with Gasteiger partial charge in [-0.25, -0.2) is 0 Å². The van der Waals surface area contributed by atoms with Crippen molar-refractivity contribution in [1.82, 2.24) is 4.90 Å². The molecular weight excluding hydrogens is 306 g/mol. The van der Waals surface area contributed by atoms with Crippen molar-refractivity contribution in [2.75, 3.05) is 12.1 Å². The molecule has 3 nitrogen and oxygen atoms in total. The van der Waals surface area contributed by atoms with Crippen LogP contribution in [-0.2, 0) is 0 Å². The SMILES string of the molecule is CCC1CCCCN1C(=O)c1cccc(OCBr)c1. The highest BCUT2D eigenvalue weighted by molar-refractivity contribution is 9.09. The van der Waals surface area contributed by atoms with Crippen LogP contribution in [0.2, 0.25) is 0 Å². The van der Waals surface area contributed by atoms with Crippen molar-refractivity contribution < 1.29 is 9.53 Å². The fourth-order valence-corrected chi connectivity index (χ4v) is 2.90. The molecule has 1 aromatic rings. The summed E-state index contributed by atoms with van der Waals surface area (Å²) >= 11 is 3.23. The van der Waals surface area contributed by atoms with Crippen LogP contribution in [0.25, 0.3) is 0 Å². The molecule has 0 saturated carbocycles. The van der Waals surface area contributed by atoms with E-state index in [1.807, 2.05) is 29.2 Å². The summed E-state index contributed by atoms with van der Waals surface area (Å²) in [7, 11) is 0. The van der Waals surface area contributed by atoms with Gasteiger partial charge < -0.3 is 9.64 Å². The second kappa shape index (κ2) is 6.94. The predicted molar refractivity (Wildman–Crippen MR) is 79.8 cm³/mol. The van der Waals surface area contributed by atoms with Gasteiger partial charge in [0.1, 0.15) is 11.3 Å². The summed E-state index contributed by atoms with van der Waals surface area (Å²) in [6, 6.07) is 7.82. The van der Waals surface area contributed by atoms with Gasteiger partial charge in [0.2, 0.25) is 0 Å². The molecule has 104 valence electrons. The van der Waals surface area contributed by atoms with Gasteiger partial charge in [0, 0.05) is 18.2 Å². The Hall–Kier alpha value is -1.03. The van der Waals surface area contributed by atoms with E-state index in [4.69, 9.17) is 4.74 Å². The second-order valence-electron chi connectivity index (χ2n) is 4.84. The number of ether oxygens (including phenoxy) is 1. The minimum Gasteiger partial charge on any atom is -0.482 e. The number of piperidine rings is 1. The summed E-state index contributed by atoms with van der Waals surface area (Å²) < 4.78 is 5.38. The average molecular weight is 326 g/mol. The molecule has 1 unspecified atom stereocenters. The fourth-order valence-electron chi connectivity index (χ4n) is 2.64. The van der Waals surface area contributed by atoms with Crippen molar-refractivity contribution in [3.8, 4) is 5.75 Å². The van der Waals surface area contributed by atoms with E-state index in [2.05, 4.69) is 22.9 Å². The fraction of sp³-hybridized carbons (Fsp3) is 0.533. The molecule has 1 aliphatic rings. The van der Waals surface area contributed by atoms with Crippen LogP contribution >= 0.6 is 15.9 Å². The third-order valence-electron chi connectivity index (χ3n) is 3.66. The lowest BCUT2D eigenvalue weighted by atomic mass is 9.99. The highest BCUT2D eigenvalue weighted by Crippen LogP contribution is 2.23. The maximum absolute atomic E-state index is 12.6. The first-order valence-electron chi connectivity index (χ1n) is 6.86. The molecule has 1 aliphatic heterocycles. The van der Waals surface area contributed by atoms with E-state index in [-0.39, 0.29) is 5.91 Å². The van der Waals surface area contributed by atoms with E-state index in [1.165, 1.54) is 6.42 Å². The first-order chi connectivity index (χ1) is 9.26. The lowest BCUT2D eigenvalue weighted by Gasteiger charge is -2.35. The predicted octanol–water partition coefficient (Wildman–Crippen LogP) is 3.82. The molecule has 1 saturated heterocycles. The minimum absolute atomic E-state index is 0.131. The zero-order chi connectivity index (χ0) is 13.7. The molecule has 1 amide bonds. The van der Waals surface area contributed by atoms with Gasteiger partial charge in [-0.1, -0.05) is 13.0 Å². The van der Waals surface area contributed by atoms with Crippen LogP contribution in [-0.4, -0.2) is 28.9 Å². The molecule has 2 rings (SSSR count). The lowest BCUT2D eigenvalue weighted by molar-refractivity contribution is 0.0607. The normalized spacial score (nSPS) is 19.3. The van der Waals surface area contributed by atoms with E-state index < -0.39 is 0 Å². The van der Waals surface area contributed by atoms with Crippen molar-refractivity contribution in [3.63, 3.8) is 0 Å². The van der Waals surface area contributed by atoms with Crippen molar-refractivity contribution in [1.29, 1.82) is 0 Å². The van der Waals surface area contributed by atoms with Gasteiger partial charge in [0.15, 0.2) is 0 Å². The number of carbonyl (C=O) groups excluding carboxylic acids is 1. The maximum Gasteiger partial charge on any atom is 0.254 e. The molecule has 0 N–H and O–H groups in total. The van der Waals surface area contributed by atoms with Crippen LogP contribution in [0.4, 0.5) is 0 Å². The van der Waals surface area contributed by atoms with Gasteiger partial charge in [0.25, 0.3) is 5.91 Å². The Morgan fingerprint density at radius 3 is 3.05 bits per heavy atom. The Balaban J connectivity index is 2.15. The second-order valence-corrected chi connectivity index (χ2v) is 5.30. The molecule has 1 heterocycles. The number of nitrogens with zero attached hydrogens (tertiary/aromatic N) is 1. The van der Waals surface area contributed by atoms with Crippen LogP contribution in [0.5, 0.6) is 5.75 Å². The number of amides is 1. The quantitative estimate of drug-likeness (QED) is 0.787. The van der Waals surface area contributed by atoms with Gasteiger partial charge in [-0.3, -0.25) is 4.79 Å². The van der Waals surface area contributed by atoms with Gasteiger partial charge in [-0.2, -0.15) is 0 Å². The van der Waals surface area contributed by atoms with Crippen molar-refractivity contribution in [3.05, 3.63) is 29.8 Å². The van der Waals surface area contributed by atoms with E-state index >= 15 is 0 Å². The Morgan fingerprint density at radius 1 is 1.47 bits per heavy atom. The molecule has 0 bridgehead atoms. The number of carbonyl (C=O) groups is 1. The number of rotatable bonds is 4. The van der Waals surface area contributed by atoms with E-state index in [9.17, 15) is 4.79 Å². The number of halogens is 1. The first kappa shape index (κ1) is 14.4. The smallest absolute Gasteiger partial charge is 0.254 e. The Morgan fingerprint density at radius 2 is 2.32 bits per heavy atom. The third-order valence-corrected chi connectivity index (χ3v) is 3.89. The summed E-state index contributed by atoms with van der Waals surface area (Å²) in [5.74, 6) is 0.861. The van der Waals surface area contributed by atoms with Crippen LogP contribution < -0.4 is 4.74 Å². The van der Waals surface area contributed by atoms with E-state index in [1.54, 1.807) is 0 Å². The molecule has 1 fully saturated rings. The molecular formula is C15H20BrNO2. The van der Waals surface area contributed by atoms with Gasteiger partial charge in [-0.05, 0) is 59.8 Å². The number of alkyl halides is 1. The molecule has 1 atom stereocenters. The summed E-state index contributed by atoms with van der Waals surface area (Å²) in [5.41, 5.74) is 1.16. The van der Waals surface area contributed by atoms with E-state index in [0.717, 1.165) is 37.1 Å². The highest BCUT2D eigenvalue weighted by atomic mass is 79.9. The molecule has 0 spiro atoms. The number of hydrogen-bond donors (Lipinski definition) is 0. The molecule has 4 heteroatoms. The van der Waals surface area contributed by atoms with Crippen LogP contribution in [0.1, 0.15) is 43.0 Å². The molecule has 19 heavy (non-hydrogen) atoms. The molecule has 0 aromatic heterocycles. The summed E-state index contributed by atoms with van der Waals surface area (Å²) in [5, 5.41) is 0. The maximum atomic E-state index is 12.6. The van der Waals surface area contributed by atoms with Gasteiger partial charge in [-0.15, -0.1) is 0 Å². The van der Waals surface area contributed by atoms with Crippen molar-refractivity contribution >= 4 is 21.8 Å². The lowest BCUT2D eigenvalue weighted by Crippen LogP contribution is -2.43. The Labute approximate surface area is 123 Å². The summed E-state index contributed by atoms with van der Waals surface area (Å²) in [4.78, 5) is 14.6. The zero-order valence-corrected chi connectivity index (χ0v) is 12.9. The minimum atomic E-state index is 0.131. The van der Waals surface area contributed by atoms with Crippen molar-refractivity contribution in [2.24, 2.45) is 0 Å². The van der Waals surface area contributed by atoms with E-state index in [0.29, 0.717) is 11.6 Å². The average Bonchev–Trinajstić information content (AvgIpc) is 2.47. The number of likely N-dealkylation sites (tertiary alicyclic amines) is 1. The van der Waals surface area contributed by atoms with Gasteiger partial charge in [0.05, 0.1) is 0 Å².